The number of hydrogen-bond acceptors (Lipinski definition) is 4. The van der Waals surface area contributed by atoms with Gasteiger partial charge >= 0.3 is 14.8 Å². The van der Waals surface area contributed by atoms with Crippen molar-refractivity contribution in [3.8, 4) is 0 Å². The molecule has 0 unspecified atom stereocenters. The van der Waals surface area contributed by atoms with Crippen molar-refractivity contribution in [2.45, 2.75) is 18.9 Å². The van der Waals surface area contributed by atoms with Crippen LogP contribution in [-0.4, -0.2) is 41.2 Å². The summed E-state index contributed by atoms with van der Waals surface area (Å²) in [4.78, 5) is 10.2. The third-order valence-electron chi connectivity index (χ3n) is 1.81. The second kappa shape index (κ2) is 6.09. The van der Waals surface area contributed by atoms with Crippen LogP contribution in [0.1, 0.15) is 12.8 Å². The van der Waals surface area contributed by atoms with Crippen LogP contribution in [0.15, 0.2) is 0 Å². The van der Waals surface area contributed by atoms with Crippen molar-refractivity contribution in [3.05, 3.63) is 0 Å². The minimum absolute atomic E-state index is 0.116. The first-order chi connectivity index (χ1) is 6.10. The average Bonchev–Trinajstić information content (AvgIpc) is 2.13. The minimum Gasteiger partial charge on any atom is -0.481 e. The second-order valence-electron chi connectivity index (χ2n) is 2.54. The Morgan fingerprint density at radius 3 is 2.00 bits per heavy atom. The highest BCUT2D eigenvalue weighted by atomic mass is 28.4. The van der Waals surface area contributed by atoms with Crippen LogP contribution < -0.4 is 0 Å². The van der Waals surface area contributed by atoms with Crippen LogP contribution in [0, 0.1) is 0 Å². The van der Waals surface area contributed by atoms with Crippen LogP contribution in [0.2, 0.25) is 6.04 Å². The van der Waals surface area contributed by atoms with Gasteiger partial charge in [0.05, 0.1) is 0 Å². The maximum absolute atomic E-state index is 10.2. The third kappa shape index (κ3) is 4.37. The van der Waals surface area contributed by atoms with Crippen molar-refractivity contribution in [1.82, 2.24) is 0 Å². The highest BCUT2D eigenvalue weighted by Gasteiger charge is 2.36. The Hall–Kier alpha value is -0.433. The van der Waals surface area contributed by atoms with Crippen LogP contribution in [-0.2, 0) is 18.1 Å². The predicted octanol–water partition coefficient (Wildman–Crippen LogP) is 0.729. The van der Waals surface area contributed by atoms with E-state index in [4.69, 9.17) is 18.4 Å². The van der Waals surface area contributed by atoms with Gasteiger partial charge in [0.15, 0.2) is 0 Å². The lowest BCUT2D eigenvalue weighted by molar-refractivity contribution is -0.137. The van der Waals surface area contributed by atoms with E-state index < -0.39 is 14.8 Å². The lowest BCUT2D eigenvalue weighted by atomic mass is 10.3. The van der Waals surface area contributed by atoms with E-state index in [9.17, 15) is 4.79 Å². The summed E-state index contributed by atoms with van der Waals surface area (Å²) in [5, 5.41) is 8.42. The van der Waals surface area contributed by atoms with Crippen LogP contribution in [0.3, 0.4) is 0 Å². The molecule has 0 radical (unpaired) electrons. The summed E-state index contributed by atoms with van der Waals surface area (Å²) in [6.07, 6.45) is 0.627. The Labute approximate surface area is 79.0 Å². The van der Waals surface area contributed by atoms with Crippen molar-refractivity contribution in [1.29, 1.82) is 0 Å². The summed E-state index contributed by atoms with van der Waals surface area (Å²) < 4.78 is 15.4. The molecule has 0 spiro atoms. The van der Waals surface area contributed by atoms with Gasteiger partial charge in [-0.2, -0.15) is 0 Å². The zero-order chi connectivity index (χ0) is 10.3. The number of carbonyl (C=O) groups is 1. The van der Waals surface area contributed by atoms with E-state index in [1.165, 1.54) is 21.3 Å². The van der Waals surface area contributed by atoms with E-state index in [0.29, 0.717) is 12.5 Å². The van der Waals surface area contributed by atoms with Gasteiger partial charge in [0.2, 0.25) is 0 Å². The van der Waals surface area contributed by atoms with Crippen molar-refractivity contribution in [3.63, 3.8) is 0 Å². The number of aliphatic carboxylic acids is 1. The largest absolute Gasteiger partial charge is 0.500 e. The van der Waals surface area contributed by atoms with Crippen molar-refractivity contribution < 1.29 is 23.2 Å². The molecule has 0 aliphatic rings. The number of rotatable bonds is 7. The fourth-order valence-corrected chi connectivity index (χ4v) is 2.73. The molecule has 0 fully saturated rings. The van der Waals surface area contributed by atoms with Gasteiger partial charge in [-0.3, -0.25) is 4.79 Å². The second-order valence-corrected chi connectivity index (χ2v) is 5.63. The first-order valence-corrected chi connectivity index (χ1v) is 5.90. The van der Waals surface area contributed by atoms with E-state index in [1.54, 1.807) is 0 Å². The zero-order valence-electron chi connectivity index (χ0n) is 8.20. The van der Waals surface area contributed by atoms with E-state index in [-0.39, 0.29) is 6.42 Å². The van der Waals surface area contributed by atoms with E-state index >= 15 is 0 Å². The summed E-state index contributed by atoms with van der Waals surface area (Å²) in [6, 6.07) is 0.531. The topological polar surface area (TPSA) is 65.0 Å². The Bertz CT molecular complexity index is 149. The highest BCUT2D eigenvalue weighted by Crippen LogP contribution is 2.15. The van der Waals surface area contributed by atoms with Gasteiger partial charge in [-0.1, -0.05) is 0 Å². The van der Waals surface area contributed by atoms with E-state index in [2.05, 4.69) is 0 Å². The monoisotopic (exact) mass is 208 g/mol. The molecule has 5 nitrogen and oxygen atoms in total. The van der Waals surface area contributed by atoms with Crippen LogP contribution in [0.4, 0.5) is 0 Å². The summed E-state index contributed by atoms with van der Waals surface area (Å²) in [6.45, 7) is 0. The average molecular weight is 208 g/mol. The van der Waals surface area contributed by atoms with E-state index in [0.717, 1.165) is 0 Å². The number of carboxylic acids is 1. The Balaban J connectivity index is 3.88. The molecule has 78 valence electrons. The van der Waals surface area contributed by atoms with Gasteiger partial charge in [-0.05, 0) is 6.42 Å². The smallest absolute Gasteiger partial charge is 0.481 e. The number of hydrogen-bond donors (Lipinski definition) is 1. The summed E-state index contributed by atoms with van der Waals surface area (Å²) in [5.74, 6) is -0.814. The van der Waals surface area contributed by atoms with Crippen LogP contribution >= 0.6 is 0 Å². The van der Waals surface area contributed by atoms with Crippen molar-refractivity contribution in [2.75, 3.05) is 21.3 Å². The zero-order valence-corrected chi connectivity index (χ0v) is 9.20. The Kier molecular flexibility index (Phi) is 5.88. The van der Waals surface area contributed by atoms with E-state index in [1.807, 2.05) is 0 Å². The molecular formula is C7H16O5Si. The quantitative estimate of drug-likeness (QED) is 0.625. The molecule has 0 aliphatic carbocycles. The molecule has 0 bridgehead atoms. The number of carboxylic acid groups (broad SMARTS) is 1. The molecule has 0 aromatic heterocycles. The molecular weight excluding hydrogens is 192 g/mol. The molecule has 1 N–H and O–H groups in total. The van der Waals surface area contributed by atoms with Gasteiger partial charge in [0.25, 0.3) is 0 Å². The standard InChI is InChI=1S/C7H16O5Si/c1-10-13(11-2,12-3)6-4-5-7(8)9/h4-6H2,1-3H3,(H,8,9). The minimum atomic E-state index is -2.55. The molecule has 0 aromatic carbocycles. The van der Waals surface area contributed by atoms with Gasteiger partial charge in [0.1, 0.15) is 0 Å². The van der Waals surface area contributed by atoms with Crippen LogP contribution in [0.5, 0.6) is 0 Å². The SMILES string of the molecule is CO[Si](CCCC(=O)O)(OC)OC. The summed E-state index contributed by atoms with van der Waals surface area (Å²) in [7, 11) is 1.99. The molecule has 0 atom stereocenters. The lowest BCUT2D eigenvalue weighted by Crippen LogP contribution is -2.42. The van der Waals surface area contributed by atoms with Crippen molar-refractivity contribution >= 4 is 14.8 Å². The maximum Gasteiger partial charge on any atom is 0.500 e. The van der Waals surface area contributed by atoms with Crippen LogP contribution in [0.25, 0.3) is 0 Å². The predicted molar refractivity (Wildman–Crippen MR) is 48.5 cm³/mol. The van der Waals surface area contributed by atoms with Gasteiger partial charge < -0.3 is 18.4 Å². The molecule has 0 rings (SSSR count). The first-order valence-electron chi connectivity index (χ1n) is 3.97. The first kappa shape index (κ1) is 12.6. The Morgan fingerprint density at radius 2 is 1.69 bits per heavy atom. The molecule has 0 aromatic rings. The highest BCUT2D eigenvalue weighted by molar-refractivity contribution is 6.60. The fourth-order valence-electron chi connectivity index (χ4n) is 1.01. The molecule has 0 heterocycles. The van der Waals surface area contributed by atoms with Gasteiger partial charge in [0, 0.05) is 33.8 Å². The molecule has 6 heteroatoms. The van der Waals surface area contributed by atoms with Gasteiger partial charge in [-0.15, -0.1) is 0 Å². The fraction of sp³-hybridized carbons (Fsp3) is 0.857. The van der Waals surface area contributed by atoms with Crippen molar-refractivity contribution in [2.24, 2.45) is 0 Å². The molecule has 0 amide bonds. The molecule has 0 aliphatic heterocycles. The lowest BCUT2D eigenvalue weighted by Gasteiger charge is -2.23. The summed E-state index contributed by atoms with van der Waals surface area (Å²) in [5.41, 5.74) is 0. The summed E-state index contributed by atoms with van der Waals surface area (Å²) >= 11 is 0. The maximum atomic E-state index is 10.2. The van der Waals surface area contributed by atoms with Gasteiger partial charge in [-0.25, -0.2) is 0 Å². The molecule has 0 saturated heterocycles. The molecule has 0 saturated carbocycles. The third-order valence-corrected chi connectivity index (χ3v) is 4.64. The molecule has 13 heavy (non-hydrogen) atoms. The normalized spacial score (nSPS) is 11.6. The Morgan fingerprint density at radius 1 is 1.23 bits per heavy atom.